The van der Waals surface area contributed by atoms with Crippen molar-refractivity contribution in [3.05, 3.63) is 138 Å². The average Bonchev–Trinajstić information content (AvgIpc) is 3.37. The lowest BCUT2D eigenvalue weighted by Gasteiger charge is -2.14. The number of rotatable bonds is 11. The van der Waals surface area contributed by atoms with Gasteiger partial charge in [0.25, 0.3) is 0 Å². The number of fused-ring (bicyclic) bond motifs is 1. The molecule has 0 saturated heterocycles. The van der Waals surface area contributed by atoms with E-state index in [2.05, 4.69) is 4.98 Å². The molecule has 4 aromatic carbocycles. The molecule has 0 N–H and O–H groups in total. The number of ether oxygens (including phenoxy) is 4. The van der Waals surface area contributed by atoms with Gasteiger partial charge in [-0.2, -0.15) is 0 Å². The first-order chi connectivity index (χ1) is 20.2. The van der Waals surface area contributed by atoms with E-state index in [1.165, 1.54) is 11.3 Å². The molecule has 2 heterocycles. The third-order valence-electron chi connectivity index (χ3n) is 6.24. The number of nitrogens with zero attached hydrogens (tertiary/aromatic N) is 1. The summed E-state index contributed by atoms with van der Waals surface area (Å²) in [5.41, 5.74) is 2.08. The van der Waals surface area contributed by atoms with E-state index in [0.717, 1.165) is 27.5 Å². The summed E-state index contributed by atoms with van der Waals surface area (Å²) < 4.78 is 25.4. The Morgan fingerprint density at radius 1 is 0.634 bits per heavy atom. The molecule has 6 aromatic rings. The van der Waals surface area contributed by atoms with Gasteiger partial charge in [-0.05, 0) is 53.6 Å². The summed E-state index contributed by atoms with van der Waals surface area (Å²) in [4.78, 5) is 16.6. The van der Waals surface area contributed by atoms with Crippen LogP contribution in [0.3, 0.4) is 0 Å². The monoisotopic (exact) mass is 559 g/mol. The summed E-state index contributed by atoms with van der Waals surface area (Å²) in [5.74, 6) is 3.56. The summed E-state index contributed by atoms with van der Waals surface area (Å²) >= 11 is 1.35. The van der Waals surface area contributed by atoms with Gasteiger partial charge >= 0.3 is 0 Å². The van der Waals surface area contributed by atoms with Gasteiger partial charge in [0, 0.05) is 28.5 Å². The van der Waals surface area contributed by atoms with Gasteiger partial charge in [-0.15, -0.1) is 11.3 Å². The van der Waals surface area contributed by atoms with Gasteiger partial charge in [0.2, 0.25) is 0 Å². The van der Waals surface area contributed by atoms with Gasteiger partial charge in [0.15, 0.2) is 23.5 Å². The summed E-state index contributed by atoms with van der Waals surface area (Å²) in [6.07, 6.45) is 4.16. The van der Waals surface area contributed by atoms with Gasteiger partial charge < -0.3 is 18.9 Å². The van der Waals surface area contributed by atoms with Crippen LogP contribution < -0.4 is 18.9 Å². The van der Waals surface area contributed by atoms with Gasteiger partial charge in [0.1, 0.15) is 35.3 Å². The van der Waals surface area contributed by atoms with Gasteiger partial charge in [-0.3, -0.25) is 9.78 Å². The van der Waals surface area contributed by atoms with Crippen molar-refractivity contribution < 1.29 is 23.7 Å². The standard InChI is InChI=1S/C34H25NO5S/c36-21-33-34(40-27-13-11-26(12-14-27)39-28-15-17-35-18-16-28)29-19-30(37-22-24-7-3-1-4-8-24)31(20-32(29)41-33)38-23-25-9-5-2-6-10-25/h1-21H,22-23H2. The van der Waals surface area contributed by atoms with E-state index in [9.17, 15) is 4.79 Å². The molecule has 0 unspecified atom stereocenters. The largest absolute Gasteiger partial charge is 0.485 e. The van der Waals surface area contributed by atoms with Crippen molar-refractivity contribution >= 4 is 27.7 Å². The Kier molecular flexibility index (Phi) is 7.87. The van der Waals surface area contributed by atoms with E-state index in [4.69, 9.17) is 18.9 Å². The molecule has 0 bridgehead atoms. The molecule has 0 aliphatic carbocycles. The minimum atomic E-state index is 0.369. The fraction of sp³-hybridized carbons (Fsp3) is 0.0588. The number of aldehydes is 1. The zero-order valence-corrected chi connectivity index (χ0v) is 22.8. The molecule has 6 rings (SSSR count). The maximum Gasteiger partial charge on any atom is 0.163 e. The van der Waals surface area contributed by atoms with E-state index in [1.54, 1.807) is 36.7 Å². The van der Waals surface area contributed by atoms with Crippen LogP contribution in [0.15, 0.2) is 122 Å². The Morgan fingerprint density at radius 2 is 1.17 bits per heavy atom. The second-order valence-corrected chi connectivity index (χ2v) is 10.2. The van der Waals surface area contributed by atoms with Crippen LogP contribution in [0.25, 0.3) is 10.1 Å². The summed E-state index contributed by atoms with van der Waals surface area (Å²) in [7, 11) is 0. The van der Waals surface area contributed by atoms with Crippen LogP contribution in [-0.2, 0) is 13.2 Å². The van der Waals surface area contributed by atoms with Crippen LogP contribution in [0, 0.1) is 0 Å². The second-order valence-electron chi connectivity index (χ2n) is 9.12. The first-order valence-electron chi connectivity index (χ1n) is 13.0. The number of pyridine rings is 1. The van der Waals surface area contributed by atoms with Crippen LogP contribution >= 0.6 is 11.3 Å². The van der Waals surface area contributed by atoms with Gasteiger partial charge in [-0.1, -0.05) is 60.7 Å². The smallest absolute Gasteiger partial charge is 0.163 e. The average molecular weight is 560 g/mol. The van der Waals surface area contributed by atoms with Crippen molar-refractivity contribution in [3.8, 4) is 34.5 Å². The Morgan fingerprint density at radius 3 is 1.76 bits per heavy atom. The Hall–Kier alpha value is -5.14. The van der Waals surface area contributed by atoms with Crippen LogP contribution in [0.4, 0.5) is 0 Å². The summed E-state index contributed by atoms with van der Waals surface area (Å²) in [6.45, 7) is 0.755. The highest BCUT2D eigenvalue weighted by Crippen LogP contribution is 2.45. The molecule has 0 atom stereocenters. The number of aromatic nitrogens is 1. The molecular weight excluding hydrogens is 534 g/mol. The molecule has 0 spiro atoms. The number of benzene rings is 4. The maximum absolute atomic E-state index is 12.1. The molecule has 0 radical (unpaired) electrons. The quantitative estimate of drug-likeness (QED) is 0.148. The van der Waals surface area contributed by atoms with Crippen molar-refractivity contribution in [2.75, 3.05) is 0 Å². The van der Waals surface area contributed by atoms with E-state index in [1.807, 2.05) is 84.9 Å². The molecule has 7 heteroatoms. The number of hydrogen-bond donors (Lipinski definition) is 0. The van der Waals surface area contributed by atoms with E-state index in [-0.39, 0.29) is 0 Å². The Balaban J connectivity index is 1.29. The topological polar surface area (TPSA) is 66.9 Å². The first kappa shape index (κ1) is 26.1. The van der Waals surface area contributed by atoms with Gasteiger partial charge in [-0.25, -0.2) is 0 Å². The number of carbonyl (C=O) groups is 1. The number of thiophene rings is 1. The minimum absolute atomic E-state index is 0.369. The molecule has 0 amide bonds. The lowest BCUT2D eigenvalue weighted by atomic mass is 10.2. The van der Waals surface area contributed by atoms with Crippen LogP contribution in [0.2, 0.25) is 0 Å². The van der Waals surface area contributed by atoms with E-state index >= 15 is 0 Å². The summed E-state index contributed by atoms with van der Waals surface area (Å²) in [5, 5.41) is 0.768. The highest BCUT2D eigenvalue weighted by Gasteiger charge is 2.19. The molecule has 0 aliphatic heterocycles. The highest BCUT2D eigenvalue weighted by atomic mass is 32.1. The van der Waals surface area contributed by atoms with Crippen molar-refractivity contribution in [1.82, 2.24) is 4.98 Å². The molecule has 2 aromatic heterocycles. The lowest BCUT2D eigenvalue weighted by Crippen LogP contribution is -2.00. The highest BCUT2D eigenvalue weighted by molar-refractivity contribution is 7.21. The van der Waals surface area contributed by atoms with Gasteiger partial charge in [0.05, 0.1) is 0 Å². The molecule has 0 aliphatic rings. The van der Waals surface area contributed by atoms with Crippen molar-refractivity contribution in [3.63, 3.8) is 0 Å². The fourth-order valence-corrected chi connectivity index (χ4v) is 5.17. The van der Waals surface area contributed by atoms with Crippen molar-refractivity contribution in [1.29, 1.82) is 0 Å². The zero-order valence-electron chi connectivity index (χ0n) is 21.9. The third-order valence-corrected chi connectivity index (χ3v) is 7.30. The molecule has 6 nitrogen and oxygen atoms in total. The van der Waals surface area contributed by atoms with Crippen molar-refractivity contribution in [2.24, 2.45) is 0 Å². The molecule has 0 fully saturated rings. The number of carbonyl (C=O) groups excluding carboxylic acids is 1. The molecule has 0 saturated carbocycles. The Labute approximate surface area is 241 Å². The maximum atomic E-state index is 12.1. The number of hydrogen-bond acceptors (Lipinski definition) is 7. The van der Waals surface area contributed by atoms with E-state index < -0.39 is 0 Å². The predicted octanol–water partition coefficient (Wildman–Crippen LogP) is 8.85. The molecule has 202 valence electrons. The van der Waals surface area contributed by atoms with E-state index in [0.29, 0.717) is 52.6 Å². The van der Waals surface area contributed by atoms with Crippen LogP contribution in [-0.4, -0.2) is 11.3 Å². The predicted molar refractivity (Wildman–Crippen MR) is 160 cm³/mol. The SMILES string of the molecule is O=Cc1sc2cc(OCc3ccccc3)c(OCc3ccccc3)cc2c1Oc1ccc(Oc2ccncc2)cc1. The van der Waals surface area contributed by atoms with Crippen molar-refractivity contribution in [2.45, 2.75) is 13.2 Å². The fourth-order valence-electron chi connectivity index (χ4n) is 4.22. The second kappa shape index (κ2) is 12.4. The zero-order chi connectivity index (χ0) is 27.9. The lowest BCUT2D eigenvalue weighted by molar-refractivity contribution is 0.112. The van der Waals surface area contributed by atoms with Crippen LogP contribution in [0.5, 0.6) is 34.5 Å². The Bertz CT molecular complexity index is 1740. The normalized spacial score (nSPS) is 10.7. The third kappa shape index (κ3) is 6.37. The first-order valence-corrected chi connectivity index (χ1v) is 13.8. The molecule has 41 heavy (non-hydrogen) atoms. The summed E-state index contributed by atoms with van der Waals surface area (Å²) in [6, 6.07) is 34.5. The minimum Gasteiger partial charge on any atom is -0.485 e. The van der Waals surface area contributed by atoms with Crippen LogP contribution in [0.1, 0.15) is 20.8 Å². The molecular formula is C34H25NO5S.